The molecule has 0 saturated carbocycles. The third kappa shape index (κ3) is 3.53. The van der Waals surface area contributed by atoms with Gasteiger partial charge in [0.15, 0.2) is 0 Å². The minimum Gasteiger partial charge on any atom is -0.383 e. The number of rotatable bonds is 5. The molecular weight excluding hydrogens is 214 g/mol. The van der Waals surface area contributed by atoms with Crippen molar-refractivity contribution >= 4 is 23.2 Å². The zero-order valence-electron chi connectivity index (χ0n) is 8.65. The highest BCUT2D eigenvalue weighted by Crippen LogP contribution is 2.13. The molecule has 1 aromatic rings. The maximum absolute atomic E-state index is 11.6. The lowest BCUT2D eigenvalue weighted by Crippen LogP contribution is -2.34. The highest BCUT2D eigenvalue weighted by atomic mass is 35.5. The average Bonchev–Trinajstić information content (AvgIpc) is 2.30. The number of hydrogen-bond acceptors (Lipinski definition) is 2. The summed E-state index contributed by atoms with van der Waals surface area (Å²) in [6.07, 6.45) is 0. The van der Waals surface area contributed by atoms with Gasteiger partial charge in [-0.25, -0.2) is 0 Å². The molecule has 0 heterocycles. The summed E-state index contributed by atoms with van der Waals surface area (Å²) < 4.78 is 4.95. The second kappa shape index (κ2) is 6.43. The Bertz CT molecular complexity index is 303. The summed E-state index contributed by atoms with van der Waals surface area (Å²) in [5, 5.41) is 0. The summed E-state index contributed by atoms with van der Waals surface area (Å²) in [4.78, 5) is 13.2. The first kappa shape index (κ1) is 12.0. The Balaban J connectivity index is 2.76. The smallest absolute Gasteiger partial charge is 0.241 e. The van der Waals surface area contributed by atoms with Crippen molar-refractivity contribution in [1.29, 1.82) is 0 Å². The highest BCUT2D eigenvalue weighted by molar-refractivity contribution is 6.29. The first-order valence-corrected chi connectivity index (χ1v) is 5.23. The summed E-state index contributed by atoms with van der Waals surface area (Å²) >= 11 is 5.54. The molecule has 0 spiro atoms. The van der Waals surface area contributed by atoms with E-state index in [1.54, 1.807) is 12.0 Å². The number of halogens is 1. The number of hydrogen-bond donors (Lipinski definition) is 0. The molecule has 82 valence electrons. The zero-order valence-corrected chi connectivity index (χ0v) is 9.41. The van der Waals surface area contributed by atoms with Gasteiger partial charge in [0.2, 0.25) is 5.91 Å². The fraction of sp³-hybridized carbons (Fsp3) is 0.364. The van der Waals surface area contributed by atoms with Crippen LogP contribution in [0.15, 0.2) is 30.3 Å². The Kier molecular flexibility index (Phi) is 5.15. The lowest BCUT2D eigenvalue weighted by atomic mass is 10.3. The van der Waals surface area contributed by atoms with Gasteiger partial charge in [-0.15, -0.1) is 11.6 Å². The number of carbonyl (C=O) groups excluding carboxylic acids is 1. The van der Waals surface area contributed by atoms with E-state index in [1.807, 2.05) is 30.3 Å². The predicted octanol–water partition coefficient (Wildman–Crippen LogP) is 1.90. The van der Waals surface area contributed by atoms with E-state index in [4.69, 9.17) is 16.3 Å². The number of amides is 1. The van der Waals surface area contributed by atoms with Crippen LogP contribution in [0.1, 0.15) is 0 Å². The lowest BCUT2D eigenvalue weighted by molar-refractivity contribution is -0.116. The Morgan fingerprint density at radius 1 is 1.40 bits per heavy atom. The first-order valence-electron chi connectivity index (χ1n) is 4.70. The summed E-state index contributed by atoms with van der Waals surface area (Å²) in [6, 6.07) is 9.43. The SMILES string of the molecule is COCCN(C(=O)CCl)c1ccccc1. The van der Waals surface area contributed by atoms with Crippen LogP contribution >= 0.6 is 11.6 Å². The normalized spacial score (nSPS) is 10.0. The van der Waals surface area contributed by atoms with E-state index >= 15 is 0 Å². The number of para-hydroxylation sites is 1. The molecule has 1 amide bonds. The Morgan fingerprint density at radius 2 is 2.07 bits per heavy atom. The van der Waals surface area contributed by atoms with Crippen molar-refractivity contribution in [3.63, 3.8) is 0 Å². The Hall–Kier alpha value is -1.06. The molecule has 1 rings (SSSR count). The molecule has 0 aliphatic rings. The Morgan fingerprint density at radius 3 is 2.60 bits per heavy atom. The third-order valence-electron chi connectivity index (χ3n) is 2.00. The van der Waals surface area contributed by atoms with Crippen LogP contribution in [0.4, 0.5) is 5.69 Å². The van der Waals surface area contributed by atoms with Crippen LogP contribution in [0.2, 0.25) is 0 Å². The van der Waals surface area contributed by atoms with Gasteiger partial charge in [-0.3, -0.25) is 4.79 Å². The number of benzene rings is 1. The summed E-state index contributed by atoms with van der Waals surface area (Å²) in [6.45, 7) is 1.02. The van der Waals surface area contributed by atoms with Crippen molar-refractivity contribution in [1.82, 2.24) is 0 Å². The van der Waals surface area contributed by atoms with Gasteiger partial charge in [-0.1, -0.05) is 18.2 Å². The number of methoxy groups -OCH3 is 1. The van der Waals surface area contributed by atoms with Crippen molar-refractivity contribution in [3.05, 3.63) is 30.3 Å². The molecule has 0 aromatic heterocycles. The minimum absolute atomic E-state index is 0.0153. The largest absolute Gasteiger partial charge is 0.383 e. The average molecular weight is 228 g/mol. The summed E-state index contributed by atoms with van der Waals surface area (Å²) in [7, 11) is 1.61. The maximum Gasteiger partial charge on any atom is 0.241 e. The van der Waals surface area contributed by atoms with Crippen LogP contribution in [-0.2, 0) is 9.53 Å². The minimum atomic E-state index is -0.111. The molecule has 0 aliphatic heterocycles. The standard InChI is InChI=1S/C11H14ClNO2/c1-15-8-7-13(11(14)9-12)10-5-3-2-4-6-10/h2-6H,7-9H2,1H3. The van der Waals surface area contributed by atoms with Gasteiger partial charge >= 0.3 is 0 Å². The van der Waals surface area contributed by atoms with Crippen molar-refractivity contribution < 1.29 is 9.53 Å². The molecule has 0 fully saturated rings. The molecule has 0 saturated heterocycles. The van der Waals surface area contributed by atoms with Crippen molar-refractivity contribution in [2.45, 2.75) is 0 Å². The van der Waals surface area contributed by atoms with Crippen LogP contribution in [0.25, 0.3) is 0 Å². The van der Waals surface area contributed by atoms with Gasteiger partial charge in [-0.2, -0.15) is 0 Å². The lowest BCUT2D eigenvalue weighted by Gasteiger charge is -2.21. The topological polar surface area (TPSA) is 29.5 Å². The van der Waals surface area contributed by atoms with E-state index in [0.29, 0.717) is 13.2 Å². The second-order valence-electron chi connectivity index (χ2n) is 3.01. The van der Waals surface area contributed by atoms with Crippen molar-refractivity contribution in [2.75, 3.05) is 31.0 Å². The molecule has 0 N–H and O–H groups in total. The van der Waals surface area contributed by atoms with Gasteiger partial charge in [0, 0.05) is 19.3 Å². The number of carbonyl (C=O) groups is 1. The van der Waals surface area contributed by atoms with E-state index in [0.717, 1.165) is 5.69 Å². The molecule has 1 aromatic carbocycles. The van der Waals surface area contributed by atoms with Gasteiger partial charge in [-0.05, 0) is 12.1 Å². The van der Waals surface area contributed by atoms with E-state index < -0.39 is 0 Å². The molecule has 0 atom stereocenters. The molecule has 0 bridgehead atoms. The first-order chi connectivity index (χ1) is 7.29. The van der Waals surface area contributed by atoms with E-state index in [1.165, 1.54) is 0 Å². The van der Waals surface area contributed by atoms with Gasteiger partial charge in [0.1, 0.15) is 5.88 Å². The molecule has 0 radical (unpaired) electrons. The summed E-state index contributed by atoms with van der Waals surface area (Å²) in [5.41, 5.74) is 0.847. The number of nitrogens with zero attached hydrogens (tertiary/aromatic N) is 1. The Labute approximate surface area is 94.6 Å². The van der Waals surface area contributed by atoms with Gasteiger partial charge in [0.25, 0.3) is 0 Å². The molecule has 4 heteroatoms. The van der Waals surface area contributed by atoms with Crippen molar-refractivity contribution in [2.24, 2.45) is 0 Å². The van der Waals surface area contributed by atoms with Crippen LogP contribution in [0, 0.1) is 0 Å². The number of ether oxygens (including phenoxy) is 1. The zero-order chi connectivity index (χ0) is 11.1. The van der Waals surface area contributed by atoms with E-state index in [-0.39, 0.29) is 11.8 Å². The monoisotopic (exact) mass is 227 g/mol. The molecule has 0 unspecified atom stereocenters. The van der Waals surface area contributed by atoms with E-state index in [9.17, 15) is 4.79 Å². The predicted molar refractivity (Wildman–Crippen MR) is 61.4 cm³/mol. The molecule has 3 nitrogen and oxygen atoms in total. The highest BCUT2D eigenvalue weighted by Gasteiger charge is 2.13. The number of anilines is 1. The van der Waals surface area contributed by atoms with E-state index in [2.05, 4.69) is 0 Å². The van der Waals surface area contributed by atoms with Crippen LogP contribution in [0.3, 0.4) is 0 Å². The fourth-order valence-corrected chi connectivity index (χ4v) is 1.40. The number of alkyl halides is 1. The molecule has 15 heavy (non-hydrogen) atoms. The van der Waals surface area contributed by atoms with Gasteiger partial charge in [0.05, 0.1) is 6.61 Å². The van der Waals surface area contributed by atoms with Gasteiger partial charge < -0.3 is 9.64 Å². The fourth-order valence-electron chi connectivity index (χ4n) is 1.26. The summed E-state index contributed by atoms with van der Waals surface area (Å²) in [5.74, 6) is -0.126. The van der Waals surface area contributed by atoms with Crippen LogP contribution in [-0.4, -0.2) is 32.0 Å². The quantitative estimate of drug-likeness (QED) is 0.720. The maximum atomic E-state index is 11.6. The third-order valence-corrected chi connectivity index (χ3v) is 2.23. The van der Waals surface area contributed by atoms with Crippen LogP contribution in [0.5, 0.6) is 0 Å². The van der Waals surface area contributed by atoms with Crippen molar-refractivity contribution in [3.8, 4) is 0 Å². The second-order valence-corrected chi connectivity index (χ2v) is 3.27. The van der Waals surface area contributed by atoms with Crippen LogP contribution < -0.4 is 4.90 Å². The molecular formula is C11H14ClNO2. The molecule has 0 aliphatic carbocycles.